The van der Waals surface area contributed by atoms with Gasteiger partial charge in [0.15, 0.2) is 0 Å². The van der Waals surface area contributed by atoms with Crippen molar-refractivity contribution < 1.29 is 0 Å². The average molecular weight is 245 g/mol. The van der Waals surface area contributed by atoms with Crippen LogP contribution in [0.2, 0.25) is 0 Å². The molecule has 0 aliphatic rings. The Morgan fingerprint density at radius 3 is 2.59 bits per heavy atom. The summed E-state index contributed by atoms with van der Waals surface area (Å²) in [6.45, 7) is 1.09. The van der Waals surface area contributed by atoms with Crippen molar-refractivity contribution >= 4 is 12.2 Å². The van der Waals surface area contributed by atoms with E-state index in [4.69, 9.17) is 17.5 Å². The monoisotopic (exact) mass is 245 g/mol. The van der Waals surface area contributed by atoms with Crippen LogP contribution in [0.15, 0.2) is 30.3 Å². The van der Waals surface area contributed by atoms with Crippen LogP contribution < -0.4 is 0 Å². The number of tetrazole rings is 1. The summed E-state index contributed by atoms with van der Waals surface area (Å²) < 4.78 is 3.77. The summed E-state index contributed by atoms with van der Waals surface area (Å²) >= 11 is 5.23. The third-order valence-electron chi connectivity index (χ3n) is 2.31. The number of nitriles is 1. The van der Waals surface area contributed by atoms with Crippen molar-refractivity contribution in [2.45, 2.75) is 19.5 Å². The third kappa shape index (κ3) is 2.77. The zero-order valence-corrected chi connectivity index (χ0v) is 9.97. The molecule has 2 aromatic rings. The van der Waals surface area contributed by atoms with E-state index in [1.165, 1.54) is 0 Å². The average Bonchev–Trinajstić information content (AvgIpc) is 2.70. The van der Waals surface area contributed by atoms with Gasteiger partial charge in [-0.05, 0) is 28.2 Å². The van der Waals surface area contributed by atoms with E-state index in [1.807, 2.05) is 30.3 Å². The Morgan fingerprint density at radius 2 is 1.88 bits per heavy atom. The topological polar surface area (TPSA) is 59.4 Å². The van der Waals surface area contributed by atoms with Gasteiger partial charge in [0.1, 0.15) is 0 Å². The van der Waals surface area contributed by atoms with Crippen LogP contribution in [0.3, 0.4) is 0 Å². The van der Waals surface area contributed by atoms with Gasteiger partial charge in [0, 0.05) is 0 Å². The molecule has 17 heavy (non-hydrogen) atoms. The molecular formula is C11H11N5S. The van der Waals surface area contributed by atoms with Crippen molar-refractivity contribution in [2.75, 3.05) is 0 Å². The Morgan fingerprint density at radius 1 is 1.18 bits per heavy atom. The van der Waals surface area contributed by atoms with Crippen LogP contribution >= 0.6 is 12.2 Å². The zero-order valence-electron chi connectivity index (χ0n) is 9.15. The minimum Gasteiger partial charge on any atom is -0.217 e. The highest BCUT2D eigenvalue weighted by molar-refractivity contribution is 7.71. The molecular weight excluding hydrogens is 234 g/mol. The normalized spacial score (nSPS) is 10.1. The second kappa shape index (κ2) is 5.37. The second-order valence-corrected chi connectivity index (χ2v) is 3.90. The first kappa shape index (κ1) is 11.5. The number of benzene rings is 1. The number of hydrogen-bond acceptors (Lipinski definition) is 4. The van der Waals surface area contributed by atoms with Crippen LogP contribution in [0.25, 0.3) is 0 Å². The van der Waals surface area contributed by atoms with E-state index >= 15 is 0 Å². The summed E-state index contributed by atoms with van der Waals surface area (Å²) in [5, 5.41) is 16.4. The molecule has 2 rings (SSSR count). The largest absolute Gasteiger partial charge is 0.217 e. The van der Waals surface area contributed by atoms with Gasteiger partial charge in [-0.2, -0.15) is 5.26 Å². The van der Waals surface area contributed by atoms with E-state index in [1.54, 1.807) is 9.36 Å². The molecule has 0 amide bonds. The van der Waals surface area contributed by atoms with Gasteiger partial charge >= 0.3 is 0 Å². The molecule has 0 N–H and O–H groups in total. The first-order chi connectivity index (χ1) is 8.31. The van der Waals surface area contributed by atoms with Crippen molar-refractivity contribution in [3.63, 3.8) is 0 Å². The fourth-order valence-electron chi connectivity index (χ4n) is 1.46. The van der Waals surface area contributed by atoms with Gasteiger partial charge in [-0.15, -0.1) is 0 Å². The Kier molecular flexibility index (Phi) is 3.62. The molecule has 0 saturated carbocycles. The molecule has 1 heterocycles. The second-order valence-electron chi connectivity index (χ2n) is 3.54. The fourth-order valence-corrected chi connectivity index (χ4v) is 1.69. The predicted molar refractivity (Wildman–Crippen MR) is 64.6 cm³/mol. The van der Waals surface area contributed by atoms with Crippen LogP contribution in [0, 0.1) is 16.1 Å². The molecule has 0 radical (unpaired) electrons. The lowest BCUT2D eigenvalue weighted by molar-refractivity contribution is 0.592. The van der Waals surface area contributed by atoms with Crippen molar-refractivity contribution in [2.24, 2.45) is 0 Å². The highest BCUT2D eigenvalue weighted by atomic mass is 32.1. The summed E-state index contributed by atoms with van der Waals surface area (Å²) in [6.07, 6.45) is 0.387. The Hall–Kier alpha value is -2.00. The Labute approximate surface area is 104 Å². The van der Waals surface area contributed by atoms with Gasteiger partial charge in [-0.25, -0.2) is 9.36 Å². The fraction of sp³-hybridized carbons (Fsp3) is 0.273. The summed E-state index contributed by atoms with van der Waals surface area (Å²) in [7, 11) is 0. The number of aryl methyl sites for hydroxylation is 1. The van der Waals surface area contributed by atoms with E-state index in [9.17, 15) is 0 Å². The molecule has 0 spiro atoms. The molecule has 0 atom stereocenters. The smallest absolute Gasteiger partial charge is 0.216 e. The van der Waals surface area contributed by atoms with Crippen LogP contribution in [0.1, 0.15) is 12.0 Å². The summed E-state index contributed by atoms with van der Waals surface area (Å²) in [5.41, 5.74) is 1.12. The van der Waals surface area contributed by atoms with Crippen molar-refractivity contribution in [3.05, 3.63) is 40.7 Å². The van der Waals surface area contributed by atoms with Gasteiger partial charge in [0.05, 0.1) is 25.6 Å². The van der Waals surface area contributed by atoms with E-state index in [0.717, 1.165) is 5.56 Å². The number of rotatable bonds is 4. The van der Waals surface area contributed by atoms with Crippen LogP contribution in [-0.4, -0.2) is 19.8 Å². The van der Waals surface area contributed by atoms with Crippen LogP contribution in [0.4, 0.5) is 0 Å². The summed E-state index contributed by atoms with van der Waals surface area (Å²) in [5.74, 6) is 0. The molecule has 1 aromatic heterocycles. The predicted octanol–water partition coefficient (Wildman–Crippen LogP) is 1.77. The Bertz CT molecular complexity index is 578. The molecule has 6 heteroatoms. The summed E-state index contributed by atoms with van der Waals surface area (Å²) in [4.78, 5) is 0. The SMILES string of the molecule is N#CCCn1nnn(Cc2ccccc2)c1=S. The standard InChI is InChI=1S/C11H11N5S/c12-7-4-8-15-11(17)16(14-13-15)9-10-5-2-1-3-6-10/h1-3,5-6H,4,8-9H2. The van der Waals surface area contributed by atoms with E-state index in [0.29, 0.717) is 24.3 Å². The van der Waals surface area contributed by atoms with Gasteiger partial charge in [0.25, 0.3) is 0 Å². The number of aromatic nitrogens is 4. The zero-order chi connectivity index (χ0) is 12.1. The van der Waals surface area contributed by atoms with Crippen LogP contribution in [-0.2, 0) is 13.1 Å². The minimum absolute atomic E-state index is 0.387. The third-order valence-corrected chi connectivity index (χ3v) is 2.73. The molecule has 1 aromatic carbocycles. The Balaban J connectivity index is 2.16. The highest BCUT2D eigenvalue weighted by Crippen LogP contribution is 2.02. The van der Waals surface area contributed by atoms with E-state index < -0.39 is 0 Å². The van der Waals surface area contributed by atoms with Crippen molar-refractivity contribution in [1.29, 1.82) is 5.26 Å². The van der Waals surface area contributed by atoms with Crippen LogP contribution in [0.5, 0.6) is 0 Å². The molecule has 0 bridgehead atoms. The quantitative estimate of drug-likeness (QED) is 0.770. The van der Waals surface area contributed by atoms with Gasteiger partial charge < -0.3 is 0 Å². The van der Waals surface area contributed by atoms with E-state index in [2.05, 4.69) is 16.5 Å². The maximum atomic E-state index is 8.51. The van der Waals surface area contributed by atoms with E-state index in [-0.39, 0.29) is 0 Å². The van der Waals surface area contributed by atoms with Gasteiger partial charge in [0.2, 0.25) is 4.77 Å². The molecule has 0 saturated heterocycles. The first-order valence-electron chi connectivity index (χ1n) is 5.23. The van der Waals surface area contributed by atoms with Gasteiger partial charge in [-0.3, -0.25) is 0 Å². The van der Waals surface area contributed by atoms with Gasteiger partial charge in [-0.1, -0.05) is 30.3 Å². The maximum absolute atomic E-state index is 8.51. The summed E-state index contributed by atoms with van der Waals surface area (Å²) in [6, 6.07) is 12.0. The highest BCUT2D eigenvalue weighted by Gasteiger charge is 2.03. The lowest BCUT2D eigenvalue weighted by Gasteiger charge is -1.99. The molecule has 86 valence electrons. The lowest BCUT2D eigenvalue weighted by atomic mass is 10.2. The number of hydrogen-bond donors (Lipinski definition) is 0. The molecule has 5 nitrogen and oxygen atoms in total. The van der Waals surface area contributed by atoms with Crippen molar-refractivity contribution in [1.82, 2.24) is 19.8 Å². The maximum Gasteiger partial charge on any atom is 0.216 e. The van der Waals surface area contributed by atoms with Crippen molar-refractivity contribution in [3.8, 4) is 6.07 Å². The molecule has 0 fully saturated rings. The minimum atomic E-state index is 0.387. The molecule has 0 aliphatic carbocycles. The first-order valence-corrected chi connectivity index (χ1v) is 5.63. The number of nitrogens with zero attached hydrogens (tertiary/aromatic N) is 5. The molecule has 0 unspecified atom stereocenters. The molecule has 0 aliphatic heterocycles. The lowest BCUT2D eigenvalue weighted by Crippen LogP contribution is -2.03.